The number of hydrogen-bond acceptors (Lipinski definition) is 4. The molecule has 1 aliphatic heterocycles. The van der Waals surface area contributed by atoms with E-state index in [0.717, 1.165) is 38.4 Å². The molecule has 1 aromatic rings. The van der Waals surface area contributed by atoms with Crippen LogP contribution in [0.3, 0.4) is 0 Å². The van der Waals surface area contributed by atoms with Crippen LogP contribution in [0.4, 0.5) is 14.9 Å². The first-order valence-corrected chi connectivity index (χ1v) is 8.04. The van der Waals surface area contributed by atoms with E-state index in [-0.39, 0.29) is 18.5 Å². The number of rotatable bonds is 7. The Kier molecular flexibility index (Phi) is 7.09. The van der Waals surface area contributed by atoms with Gasteiger partial charge in [0, 0.05) is 58.1 Å². The first-order chi connectivity index (χ1) is 11.2. The molecule has 0 atom stereocenters. The lowest BCUT2D eigenvalue weighted by molar-refractivity contribution is 0.230. The molecule has 0 saturated carbocycles. The van der Waals surface area contributed by atoms with E-state index >= 15 is 0 Å². The van der Waals surface area contributed by atoms with E-state index in [4.69, 9.17) is 5.11 Å². The van der Waals surface area contributed by atoms with Gasteiger partial charge < -0.3 is 20.6 Å². The van der Waals surface area contributed by atoms with E-state index in [1.54, 1.807) is 0 Å². The lowest BCUT2D eigenvalue weighted by atomic mass is 10.2. The molecule has 1 saturated heterocycles. The zero-order valence-electron chi connectivity index (χ0n) is 13.3. The van der Waals surface area contributed by atoms with Crippen molar-refractivity contribution in [1.29, 1.82) is 0 Å². The van der Waals surface area contributed by atoms with Gasteiger partial charge in [-0.3, -0.25) is 4.90 Å². The summed E-state index contributed by atoms with van der Waals surface area (Å²) >= 11 is 0. The van der Waals surface area contributed by atoms with Crippen LogP contribution >= 0.6 is 0 Å². The van der Waals surface area contributed by atoms with Crippen LogP contribution in [-0.2, 0) is 0 Å². The molecular formula is C16H25FN4O2. The molecule has 0 radical (unpaired) electrons. The zero-order chi connectivity index (χ0) is 16.5. The summed E-state index contributed by atoms with van der Waals surface area (Å²) in [5.74, 6) is -0.212. The van der Waals surface area contributed by atoms with Crippen molar-refractivity contribution in [2.24, 2.45) is 0 Å². The highest BCUT2D eigenvalue weighted by atomic mass is 19.1. The molecule has 3 N–H and O–H groups in total. The molecule has 0 aliphatic carbocycles. The minimum Gasteiger partial charge on any atom is -0.396 e. The lowest BCUT2D eigenvalue weighted by Crippen LogP contribution is -2.49. The van der Waals surface area contributed by atoms with Crippen molar-refractivity contribution in [1.82, 2.24) is 15.5 Å². The van der Waals surface area contributed by atoms with E-state index in [1.807, 2.05) is 12.1 Å². The summed E-state index contributed by atoms with van der Waals surface area (Å²) in [5.41, 5.74) is 1.05. The molecule has 2 amide bonds. The molecule has 1 fully saturated rings. The van der Waals surface area contributed by atoms with E-state index in [0.29, 0.717) is 19.5 Å². The number of benzene rings is 1. The summed E-state index contributed by atoms with van der Waals surface area (Å²) in [6, 6.07) is 6.40. The van der Waals surface area contributed by atoms with Gasteiger partial charge in [-0.15, -0.1) is 0 Å². The monoisotopic (exact) mass is 324 g/mol. The molecule has 1 aromatic carbocycles. The van der Waals surface area contributed by atoms with Crippen LogP contribution in [0.2, 0.25) is 0 Å². The smallest absolute Gasteiger partial charge is 0.314 e. The highest BCUT2D eigenvalue weighted by molar-refractivity contribution is 5.73. The molecule has 1 aliphatic rings. The molecule has 0 unspecified atom stereocenters. The van der Waals surface area contributed by atoms with E-state index in [2.05, 4.69) is 20.4 Å². The summed E-state index contributed by atoms with van der Waals surface area (Å²) in [6.45, 7) is 5.61. The van der Waals surface area contributed by atoms with Crippen LogP contribution in [-0.4, -0.2) is 68.5 Å². The molecule has 7 heteroatoms. The fourth-order valence-corrected chi connectivity index (χ4v) is 2.55. The maximum atomic E-state index is 12.9. The third-order valence-electron chi connectivity index (χ3n) is 3.90. The normalized spacial score (nSPS) is 15.5. The summed E-state index contributed by atoms with van der Waals surface area (Å²) in [5, 5.41) is 14.1. The zero-order valence-corrected chi connectivity index (χ0v) is 13.3. The van der Waals surface area contributed by atoms with Crippen LogP contribution < -0.4 is 15.5 Å². The Labute approximate surface area is 136 Å². The Morgan fingerprint density at radius 3 is 2.39 bits per heavy atom. The lowest BCUT2D eigenvalue weighted by Gasteiger charge is -2.36. The fourth-order valence-electron chi connectivity index (χ4n) is 2.55. The van der Waals surface area contributed by atoms with E-state index in [1.165, 1.54) is 12.1 Å². The minimum absolute atomic E-state index is 0.0820. The predicted molar refractivity (Wildman–Crippen MR) is 88.2 cm³/mol. The number of anilines is 1. The van der Waals surface area contributed by atoms with E-state index < -0.39 is 0 Å². The van der Waals surface area contributed by atoms with Gasteiger partial charge in [0.25, 0.3) is 0 Å². The first-order valence-electron chi connectivity index (χ1n) is 8.04. The van der Waals surface area contributed by atoms with Crippen LogP contribution in [0.15, 0.2) is 24.3 Å². The van der Waals surface area contributed by atoms with Crippen molar-refractivity contribution < 1.29 is 14.3 Å². The van der Waals surface area contributed by atoms with Crippen LogP contribution in [0.1, 0.15) is 6.42 Å². The number of nitrogens with one attached hydrogen (secondary N) is 2. The average molecular weight is 324 g/mol. The van der Waals surface area contributed by atoms with Gasteiger partial charge in [-0.2, -0.15) is 0 Å². The van der Waals surface area contributed by atoms with Crippen molar-refractivity contribution in [3.63, 3.8) is 0 Å². The van der Waals surface area contributed by atoms with E-state index in [9.17, 15) is 9.18 Å². The Morgan fingerprint density at radius 1 is 1.09 bits per heavy atom. The standard InChI is InChI=1S/C16H25FN4O2/c17-14-2-4-15(5-3-14)21-11-9-20(10-12-21)8-7-19-16(23)18-6-1-13-22/h2-5,22H,1,6-13H2,(H2,18,19,23). The second-order valence-corrected chi connectivity index (χ2v) is 5.56. The number of aliphatic hydroxyl groups excluding tert-OH is 1. The molecule has 0 aromatic heterocycles. The number of urea groups is 1. The molecule has 23 heavy (non-hydrogen) atoms. The third-order valence-corrected chi connectivity index (χ3v) is 3.90. The number of aliphatic hydroxyl groups is 1. The molecule has 0 spiro atoms. The van der Waals surface area contributed by atoms with Gasteiger partial charge in [0.1, 0.15) is 5.82 Å². The van der Waals surface area contributed by atoms with Gasteiger partial charge in [-0.25, -0.2) is 9.18 Å². The molecular weight excluding hydrogens is 299 g/mol. The van der Waals surface area contributed by atoms with Crippen molar-refractivity contribution in [3.8, 4) is 0 Å². The Morgan fingerprint density at radius 2 is 1.74 bits per heavy atom. The van der Waals surface area contributed by atoms with Gasteiger partial charge >= 0.3 is 6.03 Å². The summed E-state index contributed by atoms with van der Waals surface area (Å²) < 4.78 is 12.9. The van der Waals surface area contributed by atoms with Gasteiger partial charge in [-0.05, 0) is 30.7 Å². The molecule has 6 nitrogen and oxygen atoms in total. The minimum atomic E-state index is -0.212. The SMILES string of the molecule is O=C(NCCCO)NCCN1CCN(c2ccc(F)cc2)CC1. The Balaban J connectivity index is 1.61. The van der Waals surface area contributed by atoms with Gasteiger partial charge in [-0.1, -0.05) is 0 Å². The number of carbonyl (C=O) groups is 1. The molecule has 1 heterocycles. The highest BCUT2D eigenvalue weighted by Crippen LogP contribution is 2.16. The molecule has 2 rings (SSSR count). The Bertz CT molecular complexity index is 475. The van der Waals surface area contributed by atoms with Crippen LogP contribution in [0.25, 0.3) is 0 Å². The van der Waals surface area contributed by atoms with Crippen LogP contribution in [0.5, 0.6) is 0 Å². The average Bonchev–Trinajstić information content (AvgIpc) is 2.57. The van der Waals surface area contributed by atoms with Gasteiger partial charge in [0.05, 0.1) is 0 Å². The number of nitrogens with zero attached hydrogens (tertiary/aromatic N) is 2. The predicted octanol–water partition coefficient (Wildman–Crippen LogP) is 0.629. The number of hydrogen-bond donors (Lipinski definition) is 3. The fraction of sp³-hybridized carbons (Fsp3) is 0.562. The number of amides is 2. The third kappa shape index (κ3) is 6.03. The molecule has 128 valence electrons. The number of carbonyl (C=O) groups excluding carboxylic acids is 1. The summed E-state index contributed by atoms with van der Waals surface area (Å²) in [6.07, 6.45) is 0.568. The van der Waals surface area contributed by atoms with Gasteiger partial charge in [0.15, 0.2) is 0 Å². The first kappa shape index (κ1) is 17.5. The number of halogens is 1. The topological polar surface area (TPSA) is 67.8 Å². The maximum absolute atomic E-state index is 12.9. The van der Waals surface area contributed by atoms with Crippen LogP contribution in [0, 0.1) is 5.82 Å². The second kappa shape index (κ2) is 9.32. The quantitative estimate of drug-likeness (QED) is 0.644. The van der Waals surface area contributed by atoms with Crippen molar-refractivity contribution in [2.75, 3.05) is 57.3 Å². The number of piperazine rings is 1. The van der Waals surface area contributed by atoms with Crippen molar-refractivity contribution in [3.05, 3.63) is 30.1 Å². The van der Waals surface area contributed by atoms with Crippen molar-refractivity contribution >= 4 is 11.7 Å². The Hall–Kier alpha value is -1.86. The summed E-state index contributed by atoms with van der Waals surface area (Å²) in [7, 11) is 0. The largest absolute Gasteiger partial charge is 0.396 e. The maximum Gasteiger partial charge on any atom is 0.314 e. The summed E-state index contributed by atoms with van der Waals surface area (Å²) in [4.78, 5) is 16.0. The van der Waals surface area contributed by atoms with Crippen molar-refractivity contribution in [2.45, 2.75) is 6.42 Å². The van der Waals surface area contributed by atoms with Gasteiger partial charge in [0.2, 0.25) is 0 Å². The highest BCUT2D eigenvalue weighted by Gasteiger charge is 2.16. The molecule has 0 bridgehead atoms. The second-order valence-electron chi connectivity index (χ2n) is 5.56.